The van der Waals surface area contributed by atoms with Gasteiger partial charge in [0.05, 0.1) is 19.9 Å². The number of rotatable bonds is 3. The van der Waals surface area contributed by atoms with Gasteiger partial charge < -0.3 is 9.84 Å². The lowest BCUT2D eigenvalue weighted by molar-refractivity contribution is 0.282. The molecule has 0 aliphatic carbocycles. The van der Waals surface area contributed by atoms with Crippen molar-refractivity contribution in [2.24, 2.45) is 0 Å². The Bertz CT molecular complexity index is 496. The van der Waals surface area contributed by atoms with Gasteiger partial charge in [-0.1, -0.05) is 23.7 Å². The summed E-state index contributed by atoms with van der Waals surface area (Å²) in [5.41, 5.74) is 1.34. The lowest BCUT2D eigenvalue weighted by atomic mass is 10.3. The van der Waals surface area contributed by atoms with Crippen LogP contribution in [-0.4, -0.2) is 22.0 Å². The molecule has 1 heterocycles. The number of halogens is 1. The maximum Gasteiger partial charge on any atom is 0.144 e. The molecule has 0 saturated carbocycles. The number of aliphatic hydroxyl groups excluding tert-OH is 1. The fraction of sp³-hybridized carbons (Fsp3) is 0.182. The van der Waals surface area contributed by atoms with Crippen LogP contribution in [0.3, 0.4) is 0 Å². The third-order valence-electron chi connectivity index (χ3n) is 2.26. The van der Waals surface area contributed by atoms with Crippen molar-refractivity contribution in [1.29, 1.82) is 0 Å². The van der Waals surface area contributed by atoms with Crippen LogP contribution >= 0.6 is 11.6 Å². The highest BCUT2D eigenvalue weighted by Crippen LogP contribution is 2.26. The molecule has 1 aromatic carbocycles. The molecule has 0 radical (unpaired) electrons. The molecule has 1 aromatic heterocycles. The molecule has 5 heteroatoms. The Labute approximate surface area is 98.0 Å². The topological polar surface area (TPSA) is 47.3 Å². The van der Waals surface area contributed by atoms with E-state index >= 15 is 0 Å². The molecule has 0 unspecified atom stereocenters. The van der Waals surface area contributed by atoms with Crippen LogP contribution in [0.25, 0.3) is 5.69 Å². The molecule has 2 aromatic rings. The molecule has 0 saturated heterocycles. The highest BCUT2D eigenvalue weighted by atomic mass is 35.5. The van der Waals surface area contributed by atoms with E-state index in [1.54, 1.807) is 7.11 Å². The molecule has 16 heavy (non-hydrogen) atoms. The average molecular weight is 239 g/mol. The van der Waals surface area contributed by atoms with Gasteiger partial charge in [0.25, 0.3) is 0 Å². The van der Waals surface area contributed by atoms with E-state index in [1.807, 2.05) is 24.3 Å². The Morgan fingerprint density at radius 1 is 1.44 bits per heavy atom. The van der Waals surface area contributed by atoms with E-state index in [2.05, 4.69) is 5.10 Å². The number of hydrogen-bond acceptors (Lipinski definition) is 3. The van der Waals surface area contributed by atoms with E-state index in [0.717, 1.165) is 5.69 Å². The van der Waals surface area contributed by atoms with E-state index in [9.17, 15) is 0 Å². The van der Waals surface area contributed by atoms with Crippen molar-refractivity contribution in [3.05, 3.63) is 41.2 Å². The first-order valence-electron chi connectivity index (χ1n) is 4.74. The summed E-state index contributed by atoms with van der Waals surface area (Å²) in [6, 6.07) is 7.41. The van der Waals surface area contributed by atoms with Gasteiger partial charge in [0.15, 0.2) is 0 Å². The molecule has 2 rings (SSSR count). The summed E-state index contributed by atoms with van der Waals surface area (Å²) in [7, 11) is 1.59. The zero-order valence-corrected chi connectivity index (χ0v) is 9.48. The predicted octanol–water partition coefficient (Wildman–Crippen LogP) is 2.03. The fourth-order valence-corrected chi connectivity index (χ4v) is 1.69. The van der Waals surface area contributed by atoms with Gasteiger partial charge in [-0.15, -0.1) is 0 Å². The van der Waals surface area contributed by atoms with Gasteiger partial charge in [-0.05, 0) is 12.1 Å². The highest BCUT2D eigenvalue weighted by molar-refractivity contribution is 6.30. The van der Waals surface area contributed by atoms with Gasteiger partial charge in [0, 0.05) is 5.56 Å². The third-order valence-corrected chi connectivity index (χ3v) is 2.67. The zero-order valence-electron chi connectivity index (χ0n) is 8.72. The van der Waals surface area contributed by atoms with Crippen LogP contribution in [0.5, 0.6) is 5.75 Å². The van der Waals surface area contributed by atoms with Crippen LogP contribution in [0.15, 0.2) is 30.5 Å². The predicted molar refractivity (Wildman–Crippen MR) is 61.0 cm³/mol. The van der Waals surface area contributed by atoms with E-state index in [1.165, 1.54) is 10.9 Å². The molecular weight excluding hydrogens is 228 g/mol. The van der Waals surface area contributed by atoms with E-state index in [0.29, 0.717) is 16.5 Å². The highest BCUT2D eigenvalue weighted by Gasteiger charge is 2.12. The van der Waals surface area contributed by atoms with Gasteiger partial charge in [-0.2, -0.15) is 5.10 Å². The summed E-state index contributed by atoms with van der Waals surface area (Å²) in [4.78, 5) is 0. The number of aromatic nitrogens is 2. The molecule has 1 N–H and O–H groups in total. The number of ether oxygens (including phenoxy) is 1. The zero-order chi connectivity index (χ0) is 11.5. The Balaban J connectivity index is 2.54. The number of para-hydroxylation sites is 2. The van der Waals surface area contributed by atoms with Crippen LogP contribution in [0.1, 0.15) is 5.56 Å². The molecule has 0 aliphatic rings. The monoisotopic (exact) mass is 238 g/mol. The van der Waals surface area contributed by atoms with Crippen LogP contribution in [0, 0.1) is 0 Å². The first-order chi connectivity index (χ1) is 7.77. The number of hydrogen-bond donors (Lipinski definition) is 1. The van der Waals surface area contributed by atoms with Crippen molar-refractivity contribution in [2.45, 2.75) is 6.61 Å². The van der Waals surface area contributed by atoms with E-state index < -0.39 is 0 Å². The second kappa shape index (κ2) is 4.55. The standard InChI is InChI=1S/C11H11ClN2O2/c1-16-10-5-3-2-4-9(10)14-11(12)8(7-15)6-13-14/h2-6,15H,7H2,1H3. The Hall–Kier alpha value is -1.52. The second-order valence-corrected chi connectivity index (χ2v) is 3.56. The van der Waals surface area contributed by atoms with Crippen molar-refractivity contribution >= 4 is 11.6 Å². The smallest absolute Gasteiger partial charge is 0.144 e. The van der Waals surface area contributed by atoms with Gasteiger partial charge in [-0.3, -0.25) is 0 Å². The first kappa shape index (κ1) is 11.0. The number of methoxy groups -OCH3 is 1. The number of aliphatic hydroxyl groups is 1. The molecule has 0 bridgehead atoms. The summed E-state index contributed by atoms with van der Waals surface area (Å²) in [6.45, 7) is -0.131. The lowest BCUT2D eigenvalue weighted by Crippen LogP contribution is -1.99. The van der Waals surface area contributed by atoms with E-state index in [4.69, 9.17) is 21.4 Å². The van der Waals surface area contributed by atoms with Crippen molar-refractivity contribution in [3.8, 4) is 11.4 Å². The van der Waals surface area contributed by atoms with Crippen LogP contribution in [0.2, 0.25) is 5.15 Å². The summed E-state index contributed by atoms with van der Waals surface area (Å²) >= 11 is 6.07. The third kappa shape index (κ3) is 1.77. The van der Waals surface area contributed by atoms with Crippen LogP contribution in [-0.2, 0) is 6.61 Å². The minimum atomic E-state index is -0.131. The maximum atomic E-state index is 9.04. The molecule has 84 valence electrons. The van der Waals surface area contributed by atoms with Gasteiger partial charge in [-0.25, -0.2) is 4.68 Å². The van der Waals surface area contributed by atoms with Gasteiger partial charge in [0.1, 0.15) is 16.6 Å². The van der Waals surface area contributed by atoms with Crippen molar-refractivity contribution < 1.29 is 9.84 Å². The molecule has 0 fully saturated rings. The van der Waals surface area contributed by atoms with Crippen molar-refractivity contribution in [3.63, 3.8) is 0 Å². The molecule has 0 aliphatic heterocycles. The first-order valence-corrected chi connectivity index (χ1v) is 5.12. The maximum absolute atomic E-state index is 9.04. The summed E-state index contributed by atoms with van der Waals surface area (Å²) < 4.78 is 6.75. The summed E-state index contributed by atoms with van der Waals surface area (Å²) in [5.74, 6) is 0.678. The summed E-state index contributed by atoms with van der Waals surface area (Å²) in [6.07, 6.45) is 1.54. The Morgan fingerprint density at radius 3 is 2.81 bits per heavy atom. The van der Waals surface area contributed by atoms with Gasteiger partial charge in [0.2, 0.25) is 0 Å². The fourth-order valence-electron chi connectivity index (χ4n) is 1.45. The lowest BCUT2D eigenvalue weighted by Gasteiger charge is -2.08. The minimum Gasteiger partial charge on any atom is -0.494 e. The Kier molecular flexibility index (Phi) is 3.12. The molecule has 0 amide bonds. The number of benzene rings is 1. The normalized spacial score (nSPS) is 10.4. The Morgan fingerprint density at radius 2 is 2.19 bits per heavy atom. The van der Waals surface area contributed by atoms with Crippen LogP contribution in [0.4, 0.5) is 0 Å². The SMILES string of the molecule is COc1ccccc1-n1ncc(CO)c1Cl. The molecule has 4 nitrogen and oxygen atoms in total. The quantitative estimate of drug-likeness (QED) is 0.890. The largest absolute Gasteiger partial charge is 0.494 e. The van der Waals surface area contributed by atoms with Crippen molar-refractivity contribution in [1.82, 2.24) is 9.78 Å². The van der Waals surface area contributed by atoms with E-state index in [-0.39, 0.29) is 6.61 Å². The molecular formula is C11H11ClN2O2. The number of nitrogens with zero attached hydrogens (tertiary/aromatic N) is 2. The van der Waals surface area contributed by atoms with Gasteiger partial charge >= 0.3 is 0 Å². The molecule has 0 spiro atoms. The molecule has 0 atom stereocenters. The van der Waals surface area contributed by atoms with Crippen LogP contribution < -0.4 is 4.74 Å². The summed E-state index contributed by atoms with van der Waals surface area (Å²) in [5, 5.41) is 13.5. The van der Waals surface area contributed by atoms with Crippen molar-refractivity contribution in [2.75, 3.05) is 7.11 Å². The second-order valence-electron chi connectivity index (χ2n) is 3.20. The minimum absolute atomic E-state index is 0.131. The average Bonchev–Trinajstić information content (AvgIpc) is 2.70.